The number of aromatic amines is 1. The summed E-state index contributed by atoms with van der Waals surface area (Å²) in [5, 5.41) is 3.12. The minimum absolute atomic E-state index is 0.145. The molecular formula is C16H18N6O. The van der Waals surface area contributed by atoms with Gasteiger partial charge in [0.15, 0.2) is 5.69 Å². The molecule has 3 aromatic heterocycles. The maximum absolute atomic E-state index is 12.7. The van der Waals surface area contributed by atoms with E-state index < -0.39 is 0 Å². The number of hydrogen-bond acceptors (Lipinski definition) is 4. The normalized spacial score (nSPS) is 15.8. The molecule has 0 bridgehead atoms. The highest BCUT2D eigenvalue weighted by molar-refractivity contribution is 6.03. The second-order valence-electron chi connectivity index (χ2n) is 5.89. The van der Waals surface area contributed by atoms with E-state index in [2.05, 4.69) is 25.3 Å². The first-order chi connectivity index (χ1) is 11.3. The summed E-state index contributed by atoms with van der Waals surface area (Å²) in [6.45, 7) is 0. The minimum atomic E-state index is -0.145. The number of H-pyrrole nitrogens is 1. The third-order valence-corrected chi connectivity index (χ3v) is 4.28. The standard InChI is InChI=1S/C16H18N6O/c23-15(19-11-4-2-1-3-5-11)14-13-12(6-7-18-13)20-16(21-14)22-9-8-17-10-22/h6-11,18H,1-5H2,(H,19,23). The lowest BCUT2D eigenvalue weighted by Gasteiger charge is -2.22. The van der Waals surface area contributed by atoms with E-state index in [1.807, 2.05) is 6.07 Å². The van der Waals surface area contributed by atoms with E-state index in [4.69, 9.17) is 0 Å². The second-order valence-corrected chi connectivity index (χ2v) is 5.89. The Morgan fingerprint density at radius 2 is 2.13 bits per heavy atom. The molecule has 0 aliphatic heterocycles. The van der Waals surface area contributed by atoms with Gasteiger partial charge in [-0.3, -0.25) is 9.36 Å². The molecule has 23 heavy (non-hydrogen) atoms. The van der Waals surface area contributed by atoms with Crippen LogP contribution >= 0.6 is 0 Å². The smallest absolute Gasteiger partial charge is 0.272 e. The molecule has 0 atom stereocenters. The van der Waals surface area contributed by atoms with Gasteiger partial charge < -0.3 is 10.3 Å². The topological polar surface area (TPSA) is 88.5 Å². The minimum Gasteiger partial charge on any atom is -0.358 e. The maximum Gasteiger partial charge on any atom is 0.272 e. The van der Waals surface area contributed by atoms with E-state index in [9.17, 15) is 4.79 Å². The van der Waals surface area contributed by atoms with Gasteiger partial charge in [-0.05, 0) is 18.9 Å². The number of fused-ring (bicyclic) bond motifs is 1. The molecule has 0 unspecified atom stereocenters. The Morgan fingerprint density at radius 3 is 2.91 bits per heavy atom. The lowest BCUT2D eigenvalue weighted by Crippen LogP contribution is -2.36. The Hall–Kier alpha value is -2.70. The molecule has 2 N–H and O–H groups in total. The van der Waals surface area contributed by atoms with Gasteiger partial charge in [0, 0.05) is 24.6 Å². The first-order valence-corrected chi connectivity index (χ1v) is 7.95. The van der Waals surface area contributed by atoms with E-state index in [1.165, 1.54) is 19.3 Å². The van der Waals surface area contributed by atoms with E-state index in [0.717, 1.165) is 18.4 Å². The molecule has 7 nitrogen and oxygen atoms in total. The number of rotatable bonds is 3. The maximum atomic E-state index is 12.7. The molecular weight excluding hydrogens is 292 g/mol. The first kappa shape index (κ1) is 13.9. The Bertz CT molecular complexity index is 816. The molecule has 1 aliphatic carbocycles. The molecule has 0 saturated heterocycles. The van der Waals surface area contributed by atoms with Crippen molar-refractivity contribution in [1.82, 2.24) is 29.8 Å². The van der Waals surface area contributed by atoms with Gasteiger partial charge >= 0.3 is 0 Å². The van der Waals surface area contributed by atoms with Crippen molar-refractivity contribution in [1.29, 1.82) is 0 Å². The predicted octanol–water partition coefficient (Wildman–Crippen LogP) is 2.21. The molecule has 3 heterocycles. The monoisotopic (exact) mass is 310 g/mol. The number of carbonyl (C=O) groups excluding carboxylic acids is 1. The van der Waals surface area contributed by atoms with Crippen LogP contribution in [-0.2, 0) is 0 Å². The van der Waals surface area contributed by atoms with Gasteiger partial charge in [0.05, 0.1) is 11.0 Å². The van der Waals surface area contributed by atoms with Crippen molar-refractivity contribution in [3.63, 3.8) is 0 Å². The van der Waals surface area contributed by atoms with Gasteiger partial charge in [0.25, 0.3) is 5.91 Å². The third kappa shape index (κ3) is 2.69. The summed E-state index contributed by atoms with van der Waals surface area (Å²) >= 11 is 0. The first-order valence-electron chi connectivity index (χ1n) is 7.95. The third-order valence-electron chi connectivity index (χ3n) is 4.28. The number of carbonyl (C=O) groups is 1. The molecule has 4 rings (SSSR count). The van der Waals surface area contributed by atoms with Crippen LogP contribution in [0.25, 0.3) is 17.0 Å². The van der Waals surface area contributed by atoms with Crippen LogP contribution in [0, 0.1) is 0 Å². The van der Waals surface area contributed by atoms with Crippen molar-refractivity contribution in [2.45, 2.75) is 38.1 Å². The summed E-state index contributed by atoms with van der Waals surface area (Å²) in [4.78, 5) is 28.7. The quantitative estimate of drug-likeness (QED) is 0.776. The molecule has 1 saturated carbocycles. The van der Waals surface area contributed by atoms with Gasteiger partial charge in [0.2, 0.25) is 5.95 Å². The fourth-order valence-electron chi connectivity index (χ4n) is 3.09. The number of nitrogens with zero attached hydrogens (tertiary/aromatic N) is 4. The number of amides is 1. The fraction of sp³-hybridized carbons (Fsp3) is 0.375. The van der Waals surface area contributed by atoms with Crippen molar-refractivity contribution < 1.29 is 4.79 Å². The Balaban J connectivity index is 1.69. The highest BCUT2D eigenvalue weighted by Crippen LogP contribution is 2.20. The summed E-state index contributed by atoms with van der Waals surface area (Å²) in [6, 6.07) is 2.09. The zero-order valence-electron chi connectivity index (χ0n) is 12.7. The predicted molar refractivity (Wildman–Crippen MR) is 85.3 cm³/mol. The summed E-state index contributed by atoms with van der Waals surface area (Å²) in [7, 11) is 0. The van der Waals surface area contributed by atoms with Gasteiger partial charge in [-0.2, -0.15) is 0 Å². The average Bonchev–Trinajstić information content (AvgIpc) is 3.26. The van der Waals surface area contributed by atoms with Crippen LogP contribution in [0.5, 0.6) is 0 Å². The van der Waals surface area contributed by atoms with Crippen LogP contribution in [0.1, 0.15) is 42.6 Å². The van der Waals surface area contributed by atoms with E-state index in [0.29, 0.717) is 17.2 Å². The zero-order chi connectivity index (χ0) is 15.6. The number of nitrogens with one attached hydrogen (secondary N) is 2. The number of aromatic nitrogens is 5. The van der Waals surface area contributed by atoms with Crippen LogP contribution < -0.4 is 5.32 Å². The van der Waals surface area contributed by atoms with Crippen LogP contribution in [-0.4, -0.2) is 36.5 Å². The van der Waals surface area contributed by atoms with E-state index >= 15 is 0 Å². The SMILES string of the molecule is O=C(NC1CCCCC1)c1nc(-n2ccnc2)nc2cc[nH]c12. The lowest BCUT2D eigenvalue weighted by molar-refractivity contribution is 0.0924. The Labute approximate surface area is 133 Å². The Morgan fingerprint density at radius 1 is 1.26 bits per heavy atom. The van der Waals surface area contributed by atoms with Crippen molar-refractivity contribution in [3.05, 3.63) is 36.7 Å². The number of hydrogen-bond donors (Lipinski definition) is 2. The zero-order valence-corrected chi connectivity index (χ0v) is 12.7. The molecule has 7 heteroatoms. The van der Waals surface area contributed by atoms with Gasteiger partial charge in [-0.15, -0.1) is 0 Å². The molecule has 0 radical (unpaired) electrons. The summed E-state index contributed by atoms with van der Waals surface area (Å²) < 4.78 is 1.70. The summed E-state index contributed by atoms with van der Waals surface area (Å²) in [6.07, 6.45) is 12.5. The highest BCUT2D eigenvalue weighted by atomic mass is 16.2. The van der Waals surface area contributed by atoms with Crippen LogP contribution in [0.4, 0.5) is 0 Å². The average molecular weight is 310 g/mol. The molecule has 118 valence electrons. The largest absolute Gasteiger partial charge is 0.358 e. The van der Waals surface area contributed by atoms with Crippen molar-refractivity contribution in [3.8, 4) is 5.95 Å². The van der Waals surface area contributed by atoms with Gasteiger partial charge in [-0.25, -0.2) is 15.0 Å². The lowest BCUT2D eigenvalue weighted by atomic mass is 9.95. The van der Waals surface area contributed by atoms with Gasteiger partial charge in [0.1, 0.15) is 6.33 Å². The van der Waals surface area contributed by atoms with E-state index in [1.54, 1.807) is 29.5 Å². The van der Waals surface area contributed by atoms with Gasteiger partial charge in [-0.1, -0.05) is 19.3 Å². The van der Waals surface area contributed by atoms with Crippen molar-refractivity contribution >= 4 is 16.9 Å². The summed E-state index contributed by atoms with van der Waals surface area (Å²) in [5.41, 5.74) is 1.77. The molecule has 3 aromatic rings. The second kappa shape index (κ2) is 5.83. The van der Waals surface area contributed by atoms with Crippen molar-refractivity contribution in [2.75, 3.05) is 0 Å². The van der Waals surface area contributed by atoms with E-state index in [-0.39, 0.29) is 11.9 Å². The molecule has 1 fully saturated rings. The molecule has 1 amide bonds. The molecule has 0 spiro atoms. The Kier molecular flexibility index (Phi) is 3.53. The molecule has 0 aromatic carbocycles. The number of imidazole rings is 1. The fourth-order valence-corrected chi connectivity index (χ4v) is 3.09. The van der Waals surface area contributed by atoms with Crippen LogP contribution in [0.3, 0.4) is 0 Å². The molecule has 1 aliphatic rings. The van der Waals surface area contributed by atoms with Crippen molar-refractivity contribution in [2.24, 2.45) is 0 Å². The van der Waals surface area contributed by atoms with Crippen LogP contribution in [0.15, 0.2) is 31.0 Å². The highest BCUT2D eigenvalue weighted by Gasteiger charge is 2.21. The summed E-state index contributed by atoms with van der Waals surface area (Å²) in [5.74, 6) is 0.302. The van der Waals surface area contributed by atoms with Crippen LogP contribution in [0.2, 0.25) is 0 Å².